The average molecular weight is 330 g/mol. The summed E-state index contributed by atoms with van der Waals surface area (Å²) in [6.45, 7) is 2.70. The second-order valence-electron chi connectivity index (χ2n) is 5.25. The predicted molar refractivity (Wildman–Crippen MR) is 90.1 cm³/mol. The van der Waals surface area contributed by atoms with Crippen molar-refractivity contribution >= 4 is 38.7 Å². The SMILES string of the molecule is Fc1cc(Nc2ncnc3sccc23)ccc1N1CCOCC1. The Morgan fingerprint density at radius 3 is 2.87 bits per heavy atom. The fourth-order valence-corrected chi connectivity index (χ4v) is 3.40. The standard InChI is InChI=1S/C16H15FN4OS/c17-13-9-11(1-2-14(13)21-4-6-22-7-5-21)20-15-12-3-8-23-16(12)19-10-18-15/h1-3,8-10H,4-7H2,(H,18,19,20). The summed E-state index contributed by atoms with van der Waals surface area (Å²) >= 11 is 1.55. The van der Waals surface area contributed by atoms with Crippen LogP contribution in [0.4, 0.5) is 21.6 Å². The number of nitrogens with one attached hydrogen (secondary N) is 1. The van der Waals surface area contributed by atoms with Crippen molar-refractivity contribution in [1.29, 1.82) is 0 Å². The molecule has 0 unspecified atom stereocenters. The first-order valence-electron chi connectivity index (χ1n) is 7.39. The zero-order valence-corrected chi connectivity index (χ0v) is 13.1. The number of ether oxygens (including phenoxy) is 1. The van der Waals surface area contributed by atoms with Gasteiger partial charge in [0, 0.05) is 18.8 Å². The zero-order valence-electron chi connectivity index (χ0n) is 12.3. The minimum Gasteiger partial charge on any atom is -0.378 e. The lowest BCUT2D eigenvalue weighted by molar-refractivity contribution is 0.122. The van der Waals surface area contributed by atoms with E-state index in [1.165, 1.54) is 12.4 Å². The van der Waals surface area contributed by atoms with Crippen LogP contribution in [0.5, 0.6) is 0 Å². The first-order valence-corrected chi connectivity index (χ1v) is 8.27. The van der Waals surface area contributed by atoms with E-state index in [1.54, 1.807) is 17.4 Å². The smallest absolute Gasteiger partial charge is 0.148 e. The summed E-state index contributed by atoms with van der Waals surface area (Å²) in [6, 6.07) is 7.13. The van der Waals surface area contributed by atoms with Gasteiger partial charge in [-0.05, 0) is 29.6 Å². The number of benzene rings is 1. The molecule has 1 aliphatic heterocycles. The second kappa shape index (κ2) is 6.10. The fraction of sp³-hybridized carbons (Fsp3) is 0.250. The van der Waals surface area contributed by atoms with Gasteiger partial charge in [0.1, 0.15) is 22.8 Å². The molecule has 118 valence electrons. The van der Waals surface area contributed by atoms with Gasteiger partial charge in [-0.1, -0.05) is 0 Å². The molecule has 0 atom stereocenters. The molecule has 5 nitrogen and oxygen atoms in total. The average Bonchev–Trinajstić information content (AvgIpc) is 3.06. The molecule has 0 amide bonds. The van der Waals surface area contributed by atoms with Crippen LogP contribution in [0.1, 0.15) is 0 Å². The zero-order chi connectivity index (χ0) is 15.6. The van der Waals surface area contributed by atoms with Crippen molar-refractivity contribution in [2.24, 2.45) is 0 Å². The van der Waals surface area contributed by atoms with Crippen molar-refractivity contribution in [2.45, 2.75) is 0 Å². The summed E-state index contributed by atoms with van der Waals surface area (Å²) in [5, 5.41) is 6.08. The molecule has 0 radical (unpaired) electrons. The van der Waals surface area contributed by atoms with Crippen LogP contribution in [-0.4, -0.2) is 36.3 Å². The van der Waals surface area contributed by atoms with Gasteiger partial charge in [-0.2, -0.15) is 0 Å². The normalized spacial score (nSPS) is 15.1. The number of rotatable bonds is 3. The number of hydrogen-bond donors (Lipinski definition) is 1. The quantitative estimate of drug-likeness (QED) is 0.797. The molecule has 0 spiro atoms. The van der Waals surface area contributed by atoms with Gasteiger partial charge in [-0.25, -0.2) is 14.4 Å². The van der Waals surface area contributed by atoms with Crippen LogP contribution in [0.15, 0.2) is 36.0 Å². The highest BCUT2D eigenvalue weighted by molar-refractivity contribution is 7.16. The molecule has 1 aromatic carbocycles. The van der Waals surface area contributed by atoms with Crippen LogP contribution in [0.2, 0.25) is 0 Å². The topological polar surface area (TPSA) is 50.3 Å². The number of morpholine rings is 1. The highest BCUT2D eigenvalue weighted by atomic mass is 32.1. The van der Waals surface area contributed by atoms with Gasteiger partial charge in [0.05, 0.1) is 24.3 Å². The minimum atomic E-state index is -0.243. The Balaban J connectivity index is 1.60. The Labute approximate surface area is 136 Å². The molecular weight excluding hydrogens is 315 g/mol. The Morgan fingerprint density at radius 1 is 1.17 bits per heavy atom. The highest BCUT2D eigenvalue weighted by Gasteiger charge is 2.15. The van der Waals surface area contributed by atoms with E-state index in [1.807, 2.05) is 22.4 Å². The number of anilines is 3. The molecule has 1 fully saturated rings. The van der Waals surface area contributed by atoms with Crippen LogP contribution in [0.3, 0.4) is 0 Å². The molecular formula is C16H15FN4OS. The predicted octanol–water partition coefficient (Wildman–Crippen LogP) is 3.41. The van der Waals surface area contributed by atoms with Crippen molar-refractivity contribution < 1.29 is 9.13 Å². The molecule has 0 bridgehead atoms. The number of fused-ring (bicyclic) bond motifs is 1. The molecule has 0 aliphatic carbocycles. The Bertz CT molecular complexity index is 832. The third-order valence-electron chi connectivity index (χ3n) is 3.82. The summed E-state index contributed by atoms with van der Waals surface area (Å²) < 4.78 is 19.7. The first-order chi connectivity index (χ1) is 11.3. The molecule has 1 saturated heterocycles. The first kappa shape index (κ1) is 14.3. The molecule has 4 rings (SSSR count). The van der Waals surface area contributed by atoms with Gasteiger partial charge in [0.25, 0.3) is 0 Å². The van der Waals surface area contributed by atoms with E-state index in [0.717, 1.165) is 10.2 Å². The lowest BCUT2D eigenvalue weighted by atomic mass is 10.2. The Kier molecular flexibility index (Phi) is 3.80. The summed E-state index contributed by atoms with van der Waals surface area (Å²) in [6.07, 6.45) is 1.51. The third kappa shape index (κ3) is 2.85. The van der Waals surface area contributed by atoms with Gasteiger partial charge >= 0.3 is 0 Å². The van der Waals surface area contributed by atoms with Gasteiger partial charge in [-0.3, -0.25) is 0 Å². The fourth-order valence-electron chi connectivity index (χ4n) is 2.67. The molecule has 1 N–H and O–H groups in total. The monoisotopic (exact) mass is 330 g/mol. The van der Waals surface area contributed by atoms with Gasteiger partial charge in [0.2, 0.25) is 0 Å². The van der Waals surface area contributed by atoms with E-state index in [-0.39, 0.29) is 5.82 Å². The summed E-state index contributed by atoms with van der Waals surface area (Å²) in [5.74, 6) is 0.447. The molecule has 3 aromatic rings. The van der Waals surface area contributed by atoms with Crippen LogP contribution < -0.4 is 10.2 Å². The van der Waals surface area contributed by atoms with Crippen molar-refractivity contribution in [1.82, 2.24) is 9.97 Å². The summed E-state index contributed by atoms with van der Waals surface area (Å²) in [7, 11) is 0. The lowest BCUT2D eigenvalue weighted by Gasteiger charge is -2.29. The van der Waals surface area contributed by atoms with Crippen LogP contribution in [0, 0.1) is 5.82 Å². The summed E-state index contributed by atoms with van der Waals surface area (Å²) in [5.41, 5.74) is 1.29. The van der Waals surface area contributed by atoms with Crippen molar-refractivity contribution in [3.63, 3.8) is 0 Å². The third-order valence-corrected chi connectivity index (χ3v) is 4.64. The minimum absolute atomic E-state index is 0.243. The highest BCUT2D eigenvalue weighted by Crippen LogP contribution is 2.29. The van der Waals surface area contributed by atoms with Crippen molar-refractivity contribution in [3.8, 4) is 0 Å². The van der Waals surface area contributed by atoms with Crippen LogP contribution in [0.25, 0.3) is 10.2 Å². The number of thiophene rings is 1. The molecule has 3 heterocycles. The second-order valence-corrected chi connectivity index (χ2v) is 6.15. The molecule has 0 saturated carbocycles. The van der Waals surface area contributed by atoms with E-state index >= 15 is 0 Å². The van der Waals surface area contributed by atoms with Gasteiger partial charge < -0.3 is 15.0 Å². The van der Waals surface area contributed by atoms with E-state index < -0.39 is 0 Å². The van der Waals surface area contributed by atoms with Crippen molar-refractivity contribution in [3.05, 3.63) is 41.8 Å². The summed E-state index contributed by atoms with van der Waals surface area (Å²) in [4.78, 5) is 11.4. The molecule has 7 heteroatoms. The Hall–Kier alpha value is -2.25. The van der Waals surface area contributed by atoms with E-state index in [0.29, 0.717) is 43.5 Å². The maximum absolute atomic E-state index is 14.4. The van der Waals surface area contributed by atoms with Crippen LogP contribution in [-0.2, 0) is 4.74 Å². The van der Waals surface area contributed by atoms with Crippen molar-refractivity contribution in [2.75, 3.05) is 36.5 Å². The van der Waals surface area contributed by atoms with E-state index in [4.69, 9.17) is 4.74 Å². The molecule has 23 heavy (non-hydrogen) atoms. The van der Waals surface area contributed by atoms with Gasteiger partial charge in [0.15, 0.2) is 0 Å². The molecule has 1 aliphatic rings. The maximum atomic E-state index is 14.4. The number of nitrogens with zero attached hydrogens (tertiary/aromatic N) is 3. The maximum Gasteiger partial charge on any atom is 0.148 e. The lowest BCUT2D eigenvalue weighted by Crippen LogP contribution is -2.36. The van der Waals surface area contributed by atoms with E-state index in [9.17, 15) is 4.39 Å². The molecule has 2 aromatic heterocycles. The number of hydrogen-bond acceptors (Lipinski definition) is 6. The van der Waals surface area contributed by atoms with Gasteiger partial charge in [-0.15, -0.1) is 11.3 Å². The number of aromatic nitrogens is 2. The van der Waals surface area contributed by atoms with Crippen LogP contribution >= 0.6 is 11.3 Å². The van der Waals surface area contributed by atoms with E-state index in [2.05, 4.69) is 15.3 Å². The largest absolute Gasteiger partial charge is 0.378 e. The Morgan fingerprint density at radius 2 is 2.04 bits per heavy atom. The number of halogens is 1.